The average molecular weight is 337 g/mol. The van der Waals surface area contributed by atoms with Crippen molar-refractivity contribution in [2.75, 3.05) is 7.11 Å². The number of aryl methyl sites for hydroxylation is 1. The minimum atomic E-state index is -3.98. The van der Waals surface area contributed by atoms with Gasteiger partial charge >= 0.3 is 0 Å². The first kappa shape index (κ1) is 17.0. The maximum Gasteiger partial charge on any atom is 0.264 e. The molecule has 1 N–H and O–H groups in total. The summed E-state index contributed by atoms with van der Waals surface area (Å²) in [6, 6.07) is 11.4. The monoisotopic (exact) mass is 337 g/mol. The van der Waals surface area contributed by atoms with Gasteiger partial charge in [0.05, 0.1) is 12.0 Å². The van der Waals surface area contributed by atoms with E-state index in [2.05, 4.69) is 0 Å². The van der Waals surface area contributed by atoms with E-state index in [1.807, 2.05) is 4.72 Å². The van der Waals surface area contributed by atoms with E-state index in [1.165, 1.54) is 0 Å². The largest absolute Gasteiger partial charge is 0.497 e. The van der Waals surface area contributed by atoms with Crippen molar-refractivity contribution in [2.24, 2.45) is 0 Å². The van der Waals surface area contributed by atoms with E-state index in [9.17, 15) is 17.6 Å². The van der Waals surface area contributed by atoms with Crippen LogP contribution >= 0.6 is 0 Å². The van der Waals surface area contributed by atoms with E-state index >= 15 is 0 Å². The van der Waals surface area contributed by atoms with Crippen molar-refractivity contribution in [1.82, 2.24) is 4.72 Å². The number of rotatable bonds is 6. The van der Waals surface area contributed by atoms with Crippen LogP contribution in [-0.2, 0) is 21.2 Å². The fraction of sp³-hybridized carbons (Fsp3) is 0.188. The number of nitrogens with one attached hydrogen (secondary N) is 1. The molecule has 0 radical (unpaired) electrons. The van der Waals surface area contributed by atoms with Gasteiger partial charge in [0.2, 0.25) is 5.91 Å². The Labute approximate surface area is 134 Å². The number of hydrogen-bond acceptors (Lipinski definition) is 4. The van der Waals surface area contributed by atoms with Crippen molar-refractivity contribution in [2.45, 2.75) is 17.7 Å². The van der Waals surface area contributed by atoms with Crippen LogP contribution in [-0.4, -0.2) is 21.4 Å². The van der Waals surface area contributed by atoms with Crippen LogP contribution in [0.4, 0.5) is 4.39 Å². The Morgan fingerprint density at radius 2 is 1.70 bits per heavy atom. The van der Waals surface area contributed by atoms with Crippen LogP contribution in [0.15, 0.2) is 53.4 Å². The smallest absolute Gasteiger partial charge is 0.264 e. The second kappa shape index (κ2) is 7.23. The third-order valence-corrected chi connectivity index (χ3v) is 4.56. The van der Waals surface area contributed by atoms with Gasteiger partial charge < -0.3 is 4.74 Å². The molecule has 2 rings (SSSR count). The number of benzene rings is 2. The number of ether oxygens (including phenoxy) is 1. The second-order valence-corrected chi connectivity index (χ2v) is 6.51. The molecule has 1 amide bonds. The number of carbonyl (C=O) groups excluding carboxylic acids is 1. The van der Waals surface area contributed by atoms with Crippen LogP contribution in [0, 0.1) is 5.82 Å². The van der Waals surface area contributed by atoms with Crippen molar-refractivity contribution in [1.29, 1.82) is 0 Å². The number of amides is 1. The molecule has 0 aliphatic heterocycles. The molecule has 0 aliphatic rings. The predicted molar refractivity (Wildman–Crippen MR) is 83.0 cm³/mol. The SMILES string of the molecule is COc1ccc(CCC(=O)NS(=O)(=O)c2ccc(F)cc2)cc1. The minimum Gasteiger partial charge on any atom is -0.497 e. The molecule has 23 heavy (non-hydrogen) atoms. The highest BCUT2D eigenvalue weighted by Gasteiger charge is 2.17. The molecule has 0 heterocycles. The fourth-order valence-electron chi connectivity index (χ4n) is 1.92. The number of halogens is 1. The van der Waals surface area contributed by atoms with Gasteiger partial charge in [-0.05, 0) is 48.4 Å². The zero-order valence-corrected chi connectivity index (χ0v) is 13.3. The van der Waals surface area contributed by atoms with E-state index in [0.717, 1.165) is 29.8 Å². The lowest BCUT2D eigenvalue weighted by atomic mass is 10.1. The van der Waals surface area contributed by atoms with E-state index < -0.39 is 21.7 Å². The molecule has 0 spiro atoms. The van der Waals surface area contributed by atoms with Gasteiger partial charge in [0.25, 0.3) is 10.0 Å². The minimum absolute atomic E-state index is 0.0206. The van der Waals surface area contributed by atoms with Crippen LogP contribution < -0.4 is 9.46 Å². The summed E-state index contributed by atoms with van der Waals surface area (Å²) in [5, 5.41) is 0. The zero-order chi connectivity index (χ0) is 16.9. The van der Waals surface area contributed by atoms with E-state index in [4.69, 9.17) is 4.74 Å². The highest BCUT2D eigenvalue weighted by Crippen LogP contribution is 2.13. The van der Waals surface area contributed by atoms with Gasteiger partial charge in [-0.3, -0.25) is 4.79 Å². The van der Waals surface area contributed by atoms with Crippen LogP contribution in [0.1, 0.15) is 12.0 Å². The quantitative estimate of drug-likeness (QED) is 0.878. The molecule has 7 heteroatoms. The molecule has 0 unspecified atom stereocenters. The molecule has 0 bridgehead atoms. The third-order valence-electron chi connectivity index (χ3n) is 3.17. The number of sulfonamides is 1. The van der Waals surface area contributed by atoms with Gasteiger partial charge in [-0.15, -0.1) is 0 Å². The first-order valence-electron chi connectivity index (χ1n) is 6.85. The zero-order valence-electron chi connectivity index (χ0n) is 12.5. The average Bonchev–Trinajstić information content (AvgIpc) is 2.53. The maximum absolute atomic E-state index is 12.8. The molecule has 0 aliphatic carbocycles. The van der Waals surface area contributed by atoms with Crippen molar-refractivity contribution < 1.29 is 22.3 Å². The van der Waals surface area contributed by atoms with Crippen LogP contribution in [0.5, 0.6) is 5.75 Å². The van der Waals surface area contributed by atoms with Crippen molar-refractivity contribution >= 4 is 15.9 Å². The summed E-state index contributed by atoms with van der Waals surface area (Å²) < 4.78 is 43.8. The van der Waals surface area contributed by atoms with Crippen molar-refractivity contribution in [3.8, 4) is 5.75 Å². The molecule has 2 aromatic carbocycles. The fourth-order valence-corrected chi connectivity index (χ4v) is 2.94. The summed E-state index contributed by atoms with van der Waals surface area (Å²) in [5.74, 6) is -0.461. The molecule has 5 nitrogen and oxygen atoms in total. The first-order valence-corrected chi connectivity index (χ1v) is 8.33. The van der Waals surface area contributed by atoms with E-state index in [1.54, 1.807) is 31.4 Å². The third kappa shape index (κ3) is 4.79. The Bertz CT molecular complexity index is 771. The Morgan fingerprint density at radius 1 is 1.09 bits per heavy atom. The van der Waals surface area contributed by atoms with Gasteiger partial charge in [-0.25, -0.2) is 17.5 Å². The van der Waals surface area contributed by atoms with Gasteiger partial charge in [0, 0.05) is 6.42 Å². The first-order chi connectivity index (χ1) is 10.9. The number of hydrogen-bond donors (Lipinski definition) is 1. The van der Waals surface area contributed by atoms with Gasteiger partial charge in [-0.1, -0.05) is 12.1 Å². The topological polar surface area (TPSA) is 72.5 Å². The molecule has 0 atom stereocenters. The van der Waals surface area contributed by atoms with Gasteiger partial charge in [0.1, 0.15) is 11.6 Å². The van der Waals surface area contributed by atoms with E-state index in [0.29, 0.717) is 12.2 Å². The van der Waals surface area contributed by atoms with Crippen LogP contribution in [0.25, 0.3) is 0 Å². The molecular weight excluding hydrogens is 321 g/mol. The molecule has 0 fully saturated rings. The summed E-state index contributed by atoms with van der Waals surface area (Å²) in [6.45, 7) is 0. The summed E-state index contributed by atoms with van der Waals surface area (Å²) in [6.07, 6.45) is 0.418. The summed E-state index contributed by atoms with van der Waals surface area (Å²) in [5.41, 5.74) is 0.889. The number of carbonyl (C=O) groups is 1. The van der Waals surface area contributed by atoms with E-state index in [-0.39, 0.29) is 11.3 Å². The standard InChI is InChI=1S/C16H16FNO4S/c1-22-14-7-2-12(3-8-14)4-11-16(19)18-23(20,21)15-9-5-13(17)6-10-15/h2-3,5-10H,4,11H2,1H3,(H,18,19). The summed E-state index contributed by atoms with van der Waals surface area (Å²) >= 11 is 0. The lowest BCUT2D eigenvalue weighted by molar-refractivity contribution is -0.119. The molecule has 0 saturated heterocycles. The Kier molecular flexibility index (Phi) is 5.33. The lowest BCUT2D eigenvalue weighted by Crippen LogP contribution is -2.30. The predicted octanol–water partition coefficient (Wildman–Crippen LogP) is 2.27. The molecule has 122 valence electrons. The Balaban J connectivity index is 1.94. The maximum atomic E-state index is 12.8. The molecule has 0 saturated carbocycles. The molecule has 0 aromatic heterocycles. The molecular formula is C16H16FNO4S. The van der Waals surface area contributed by atoms with Crippen LogP contribution in [0.2, 0.25) is 0 Å². The van der Waals surface area contributed by atoms with Gasteiger partial charge in [0.15, 0.2) is 0 Å². The highest BCUT2D eigenvalue weighted by atomic mass is 32.2. The normalized spacial score (nSPS) is 11.0. The van der Waals surface area contributed by atoms with Crippen LogP contribution in [0.3, 0.4) is 0 Å². The lowest BCUT2D eigenvalue weighted by Gasteiger charge is -2.07. The van der Waals surface area contributed by atoms with Gasteiger partial charge in [-0.2, -0.15) is 0 Å². The number of methoxy groups -OCH3 is 1. The van der Waals surface area contributed by atoms with Crippen molar-refractivity contribution in [3.05, 3.63) is 59.9 Å². The Morgan fingerprint density at radius 3 is 2.26 bits per heavy atom. The summed E-state index contributed by atoms with van der Waals surface area (Å²) in [4.78, 5) is 11.7. The van der Waals surface area contributed by atoms with Crippen molar-refractivity contribution in [3.63, 3.8) is 0 Å². The molecule has 2 aromatic rings. The highest BCUT2D eigenvalue weighted by molar-refractivity contribution is 7.90. The summed E-state index contributed by atoms with van der Waals surface area (Å²) in [7, 11) is -2.42. The second-order valence-electron chi connectivity index (χ2n) is 4.83. The Hall–Kier alpha value is -2.41.